The maximum Gasteiger partial charge on any atom is 0.0698 e. The molecule has 0 spiro atoms. The van der Waals surface area contributed by atoms with E-state index in [0.29, 0.717) is 6.61 Å². The number of hydrogen-bond acceptors (Lipinski definition) is 3. The molecule has 0 aromatic carbocycles. The highest BCUT2D eigenvalue weighted by Gasteiger charge is 2.16. The number of nitrogens with zero attached hydrogens (tertiary/aromatic N) is 1. The summed E-state index contributed by atoms with van der Waals surface area (Å²) in [6.45, 7) is 7.13. The van der Waals surface area contributed by atoms with E-state index in [1.54, 1.807) is 0 Å². The van der Waals surface area contributed by atoms with Gasteiger partial charge < -0.3 is 14.7 Å². The van der Waals surface area contributed by atoms with Gasteiger partial charge in [-0.1, -0.05) is 13.3 Å². The molecule has 1 fully saturated rings. The highest BCUT2D eigenvalue weighted by atomic mass is 16.5. The van der Waals surface area contributed by atoms with Crippen molar-refractivity contribution < 1.29 is 9.84 Å². The van der Waals surface area contributed by atoms with E-state index in [1.807, 2.05) is 0 Å². The first kappa shape index (κ1) is 12.0. The summed E-state index contributed by atoms with van der Waals surface area (Å²) in [4.78, 5) is 2.46. The summed E-state index contributed by atoms with van der Waals surface area (Å²) in [5.41, 5.74) is 0. The van der Waals surface area contributed by atoms with Gasteiger partial charge in [0, 0.05) is 6.54 Å². The Morgan fingerprint density at radius 2 is 2.00 bits per heavy atom. The summed E-state index contributed by atoms with van der Waals surface area (Å²) in [6, 6.07) is 0. The Morgan fingerprint density at radius 1 is 1.29 bits per heavy atom. The van der Waals surface area contributed by atoms with Gasteiger partial charge in [-0.05, 0) is 31.8 Å². The van der Waals surface area contributed by atoms with Gasteiger partial charge in [0.05, 0.1) is 19.8 Å². The monoisotopic (exact) mass is 201 g/mol. The fourth-order valence-electron chi connectivity index (χ4n) is 1.98. The summed E-state index contributed by atoms with van der Waals surface area (Å²) >= 11 is 0. The van der Waals surface area contributed by atoms with Crippen LogP contribution in [0.25, 0.3) is 0 Å². The number of piperidine rings is 1. The van der Waals surface area contributed by atoms with Crippen LogP contribution in [0.4, 0.5) is 0 Å². The first-order valence-corrected chi connectivity index (χ1v) is 5.77. The number of aliphatic hydroxyl groups excluding tert-OH is 1. The van der Waals surface area contributed by atoms with E-state index in [9.17, 15) is 0 Å². The molecule has 1 saturated heterocycles. The van der Waals surface area contributed by atoms with Crippen LogP contribution in [0.15, 0.2) is 0 Å². The van der Waals surface area contributed by atoms with Crippen molar-refractivity contribution in [2.75, 3.05) is 39.5 Å². The van der Waals surface area contributed by atoms with Gasteiger partial charge in [-0.3, -0.25) is 0 Å². The SMILES string of the molecule is CCC1CCN(CCOCCO)CC1. The molecule has 3 nitrogen and oxygen atoms in total. The quantitative estimate of drug-likeness (QED) is 0.654. The zero-order chi connectivity index (χ0) is 10.2. The molecule has 0 aliphatic carbocycles. The van der Waals surface area contributed by atoms with Crippen LogP contribution in [0.2, 0.25) is 0 Å². The van der Waals surface area contributed by atoms with E-state index in [4.69, 9.17) is 9.84 Å². The lowest BCUT2D eigenvalue weighted by Crippen LogP contribution is -2.35. The molecular weight excluding hydrogens is 178 g/mol. The zero-order valence-electron chi connectivity index (χ0n) is 9.24. The van der Waals surface area contributed by atoms with Crippen molar-refractivity contribution in [3.8, 4) is 0 Å². The second-order valence-electron chi connectivity index (χ2n) is 4.03. The second-order valence-corrected chi connectivity index (χ2v) is 4.03. The van der Waals surface area contributed by atoms with Crippen LogP contribution < -0.4 is 0 Å². The third-order valence-electron chi connectivity index (χ3n) is 3.07. The molecule has 0 bridgehead atoms. The van der Waals surface area contributed by atoms with Crippen LogP contribution >= 0.6 is 0 Å². The van der Waals surface area contributed by atoms with Gasteiger partial charge in [-0.2, -0.15) is 0 Å². The van der Waals surface area contributed by atoms with Crippen molar-refractivity contribution in [3.05, 3.63) is 0 Å². The highest BCUT2D eigenvalue weighted by molar-refractivity contribution is 4.70. The minimum Gasteiger partial charge on any atom is -0.394 e. The number of ether oxygens (including phenoxy) is 1. The first-order chi connectivity index (χ1) is 6.86. The van der Waals surface area contributed by atoms with Gasteiger partial charge in [-0.25, -0.2) is 0 Å². The van der Waals surface area contributed by atoms with Gasteiger partial charge in [0.1, 0.15) is 0 Å². The molecule has 14 heavy (non-hydrogen) atoms. The average Bonchev–Trinajstić information content (AvgIpc) is 2.25. The molecule has 0 aromatic rings. The lowest BCUT2D eigenvalue weighted by molar-refractivity contribution is 0.0646. The van der Waals surface area contributed by atoms with E-state index >= 15 is 0 Å². The Morgan fingerprint density at radius 3 is 2.57 bits per heavy atom. The minimum atomic E-state index is 0.137. The molecule has 1 rings (SSSR count). The summed E-state index contributed by atoms with van der Waals surface area (Å²) in [5.74, 6) is 0.949. The molecule has 3 heteroatoms. The van der Waals surface area contributed by atoms with Crippen molar-refractivity contribution in [1.29, 1.82) is 0 Å². The summed E-state index contributed by atoms with van der Waals surface area (Å²) in [5, 5.41) is 8.53. The van der Waals surface area contributed by atoms with Crippen molar-refractivity contribution in [1.82, 2.24) is 4.90 Å². The predicted molar refractivity (Wildman–Crippen MR) is 57.4 cm³/mol. The average molecular weight is 201 g/mol. The van der Waals surface area contributed by atoms with Gasteiger partial charge in [0.25, 0.3) is 0 Å². The fourth-order valence-corrected chi connectivity index (χ4v) is 1.98. The summed E-state index contributed by atoms with van der Waals surface area (Å²) in [7, 11) is 0. The van der Waals surface area contributed by atoms with Crippen LogP contribution in [0, 0.1) is 5.92 Å². The summed E-state index contributed by atoms with van der Waals surface area (Å²) < 4.78 is 5.25. The molecular formula is C11H23NO2. The highest BCUT2D eigenvalue weighted by Crippen LogP contribution is 2.19. The van der Waals surface area contributed by atoms with Crippen LogP contribution in [0.1, 0.15) is 26.2 Å². The molecule has 84 valence electrons. The second kappa shape index (κ2) is 7.21. The van der Waals surface area contributed by atoms with Gasteiger partial charge in [-0.15, -0.1) is 0 Å². The van der Waals surface area contributed by atoms with E-state index in [1.165, 1.54) is 32.4 Å². The minimum absolute atomic E-state index is 0.137. The van der Waals surface area contributed by atoms with Crippen LogP contribution in [-0.4, -0.2) is 49.5 Å². The number of rotatable bonds is 6. The maximum absolute atomic E-state index is 8.53. The summed E-state index contributed by atoms with van der Waals surface area (Å²) in [6.07, 6.45) is 4.02. The Hall–Kier alpha value is -0.120. The van der Waals surface area contributed by atoms with Crippen LogP contribution in [-0.2, 0) is 4.74 Å². The Labute approximate surface area is 87.1 Å². The molecule has 1 N–H and O–H groups in total. The molecule has 1 aliphatic rings. The van der Waals surface area contributed by atoms with E-state index < -0.39 is 0 Å². The van der Waals surface area contributed by atoms with Crippen molar-refractivity contribution >= 4 is 0 Å². The van der Waals surface area contributed by atoms with Crippen LogP contribution in [0.3, 0.4) is 0 Å². The topological polar surface area (TPSA) is 32.7 Å². The smallest absolute Gasteiger partial charge is 0.0698 e. The third-order valence-corrected chi connectivity index (χ3v) is 3.07. The molecule has 0 saturated carbocycles. The Balaban J connectivity index is 1.98. The van der Waals surface area contributed by atoms with Gasteiger partial charge in [0.15, 0.2) is 0 Å². The number of hydrogen-bond donors (Lipinski definition) is 1. The number of likely N-dealkylation sites (tertiary alicyclic amines) is 1. The molecule has 1 heterocycles. The Kier molecular flexibility index (Phi) is 6.15. The fraction of sp³-hybridized carbons (Fsp3) is 1.00. The lowest BCUT2D eigenvalue weighted by atomic mass is 9.94. The third kappa shape index (κ3) is 4.40. The van der Waals surface area contributed by atoms with Crippen molar-refractivity contribution in [2.24, 2.45) is 5.92 Å². The van der Waals surface area contributed by atoms with Crippen molar-refractivity contribution in [2.45, 2.75) is 26.2 Å². The van der Waals surface area contributed by atoms with Crippen molar-refractivity contribution in [3.63, 3.8) is 0 Å². The van der Waals surface area contributed by atoms with Gasteiger partial charge in [0.2, 0.25) is 0 Å². The molecule has 0 radical (unpaired) electrons. The largest absolute Gasteiger partial charge is 0.394 e. The molecule has 0 unspecified atom stereocenters. The zero-order valence-corrected chi connectivity index (χ0v) is 9.24. The molecule has 0 aromatic heterocycles. The lowest BCUT2D eigenvalue weighted by Gasteiger charge is -2.31. The van der Waals surface area contributed by atoms with E-state index in [-0.39, 0.29) is 6.61 Å². The first-order valence-electron chi connectivity index (χ1n) is 5.77. The maximum atomic E-state index is 8.53. The van der Waals surface area contributed by atoms with Gasteiger partial charge >= 0.3 is 0 Å². The van der Waals surface area contributed by atoms with E-state index in [0.717, 1.165) is 19.1 Å². The Bertz CT molecular complexity index is 133. The van der Waals surface area contributed by atoms with E-state index in [2.05, 4.69) is 11.8 Å². The predicted octanol–water partition coefficient (Wildman–Crippen LogP) is 1.12. The van der Waals surface area contributed by atoms with Crippen LogP contribution in [0.5, 0.6) is 0 Å². The molecule has 1 aliphatic heterocycles. The molecule has 0 amide bonds. The normalized spacial score (nSPS) is 20.1. The molecule has 0 atom stereocenters. The number of aliphatic hydroxyl groups is 1. The standard InChI is InChI=1S/C11H23NO2/c1-2-11-3-5-12(6-4-11)7-9-14-10-8-13/h11,13H,2-10H2,1H3.